The predicted molar refractivity (Wildman–Crippen MR) is 181 cm³/mol. The summed E-state index contributed by atoms with van der Waals surface area (Å²) in [4.78, 5) is 73.8. The number of hydroxylamine groups is 2. The van der Waals surface area contributed by atoms with E-state index in [1.165, 1.54) is 0 Å². The minimum absolute atomic E-state index is 0.0379. The Morgan fingerprint density at radius 3 is 1.81 bits per heavy atom. The smallest absolute Gasteiger partial charge is 0.333 e. The number of aromatic hydroxyl groups is 1. The van der Waals surface area contributed by atoms with Crippen LogP contribution >= 0.6 is 23.5 Å². The Bertz CT molecular complexity index is 1330. The Hall–Kier alpha value is -3.46. The summed E-state index contributed by atoms with van der Waals surface area (Å²) in [6.07, 6.45) is 8.82. The summed E-state index contributed by atoms with van der Waals surface area (Å²) in [6, 6.07) is 7.96. The standard InChI is InChI=1S/C19H26N2O3S.C14H19N3O5S/c22-14(6-3-4-13-8-10-15(23)11-9-13)5-1-2-7-17-18-16(12-25-17)20-19(24)21-18;18-10-5-6-11(19)17(10)22-12(20)4-2-1-3-9-13-8(7-23-9)15-14(21)16-13/h8-11,16-18,23H,1-7,12H2,(H2,20,21,24);8-9,13H,1-7H2,(H2,15,16,21)/t16-,17?,18-;8-,9?,13-/m00/s1. The maximum absolute atomic E-state index is 12.0. The number of unbranched alkanes of at least 4 members (excludes halogenated alkanes) is 2. The van der Waals surface area contributed by atoms with E-state index in [2.05, 4.69) is 21.3 Å². The molecule has 5 fully saturated rings. The molecule has 0 saturated carbocycles. The molecule has 1 aromatic rings. The van der Waals surface area contributed by atoms with Crippen LogP contribution in [0.5, 0.6) is 5.75 Å². The monoisotopic (exact) mass is 703 g/mol. The molecule has 262 valence electrons. The summed E-state index contributed by atoms with van der Waals surface area (Å²) in [5.41, 5.74) is 1.16. The van der Waals surface area contributed by atoms with Gasteiger partial charge >= 0.3 is 18.0 Å². The number of ketones is 1. The van der Waals surface area contributed by atoms with E-state index >= 15 is 0 Å². The second-order valence-electron chi connectivity index (χ2n) is 12.8. The molecular formula is C33H45N5O8S2. The molecular weight excluding hydrogens is 659 g/mol. The number of carbonyl (C=O) groups excluding carboxylic acids is 6. The second-order valence-corrected chi connectivity index (χ2v) is 15.4. The number of hydrogen-bond acceptors (Lipinski definition) is 10. The van der Waals surface area contributed by atoms with Crippen molar-refractivity contribution in [3.8, 4) is 5.75 Å². The van der Waals surface area contributed by atoms with E-state index in [4.69, 9.17) is 4.84 Å². The molecule has 5 aliphatic heterocycles. The molecule has 5 saturated heterocycles. The van der Waals surface area contributed by atoms with Gasteiger partial charge in [0.05, 0.1) is 24.2 Å². The number of amides is 6. The van der Waals surface area contributed by atoms with Crippen molar-refractivity contribution in [1.29, 1.82) is 0 Å². The lowest BCUT2D eigenvalue weighted by Crippen LogP contribution is -2.36. The maximum atomic E-state index is 12.0. The number of phenols is 1. The Labute approximate surface area is 288 Å². The summed E-state index contributed by atoms with van der Waals surface area (Å²) in [6.45, 7) is 0. The third kappa shape index (κ3) is 10.0. The molecule has 48 heavy (non-hydrogen) atoms. The van der Waals surface area contributed by atoms with E-state index in [1.807, 2.05) is 35.7 Å². The fraction of sp³-hybridized carbons (Fsp3) is 0.636. The quantitative estimate of drug-likeness (QED) is 0.103. The molecule has 5 heterocycles. The molecule has 6 atom stereocenters. The number of nitrogens with one attached hydrogen (secondary N) is 4. The molecule has 0 aliphatic carbocycles. The van der Waals surface area contributed by atoms with Gasteiger partial charge in [-0.3, -0.25) is 14.4 Å². The number of Topliss-reactive ketones (excluding diaryl/α,β-unsaturated/α-hetero) is 1. The van der Waals surface area contributed by atoms with Crippen LogP contribution < -0.4 is 21.3 Å². The van der Waals surface area contributed by atoms with Crippen LogP contribution in [0.2, 0.25) is 0 Å². The van der Waals surface area contributed by atoms with Crippen LogP contribution in [0, 0.1) is 0 Å². The Kier molecular flexibility index (Phi) is 12.9. The second kappa shape index (κ2) is 17.3. The van der Waals surface area contributed by atoms with E-state index in [0.717, 1.165) is 62.0 Å². The molecule has 6 rings (SSSR count). The van der Waals surface area contributed by atoms with Gasteiger partial charge in [0.2, 0.25) is 0 Å². The molecule has 0 bridgehead atoms. The highest BCUT2D eigenvalue weighted by Crippen LogP contribution is 2.34. The first-order valence-corrected chi connectivity index (χ1v) is 19.0. The van der Waals surface area contributed by atoms with E-state index < -0.39 is 17.8 Å². The first-order chi connectivity index (χ1) is 23.2. The van der Waals surface area contributed by atoms with E-state index in [-0.39, 0.29) is 61.2 Å². The van der Waals surface area contributed by atoms with Gasteiger partial charge in [-0.15, -0.1) is 5.06 Å². The van der Waals surface area contributed by atoms with E-state index in [9.17, 15) is 33.9 Å². The lowest BCUT2D eigenvalue weighted by molar-refractivity contribution is -0.197. The molecule has 0 aromatic heterocycles. The SMILES string of the molecule is O=C(CCCCC1SC[C@@H]2NC(=O)N[C@H]12)CCCc1ccc(O)cc1.O=C1N[C@H]2CSC(CCCCC(=O)ON3C(=O)CCC3=O)[C@H]2N1. The van der Waals surface area contributed by atoms with Crippen molar-refractivity contribution in [3.05, 3.63) is 29.8 Å². The fourth-order valence-electron chi connectivity index (χ4n) is 6.65. The molecule has 5 aliphatic rings. The number of benzene rings is 1. The van der Waals surface area contributed by atoms with Gasteiger partial charge in [0.15, 0.2) is 0 Å². The zero-order chi connectivity index (χ0) is 34.0. The summed E-state index contributed by atoms with van der Waals surface area (Å²) < 4.78 is 0. The van der Waals surface area contributed by atoms with Crippen LogP contribution in [-0.2, 0) is 30.4 Å². The van der Waals surface area contributed by atoms with Crippen LogP contribution in [0.1, 0.15) is 82.6 Å². The number of hydrogen-bond donors (Lipinski definition) is 5. The normalized spacial score (nSPS) is 27.0. The molecule has 1 aromatic carbocycles. The highest BCUT2D eigenvalue weighted by molar-refractivity contribution is 8.00. The minimum atomic E-state index is -0.554. The topological polar surface area (TPSA) is 183 Å². The Balaban J connectivity index is 0.000000188. The number of nitrogens with zero attached hydrogens (tertiary/aromatic N) is 1. The highest BCUT2D eigenvalue weighted by atomic mass is 32.2. The van der Waals surface area contributed by atoms with E-state index in [1.54, 1.807) is 12.1 Å². The van der Waals surface area contributed by atoms with Gasteiger partial charge < -0.3 is 31.2 Å². The third-order valence-electron chi connectivity index (χ3n) is 9.25. The lowest BCUT2D eigenvalue weighted by Gasteiger charge is -2.16. The fourth-order valence-corrected chi connectivity index (χ4v) is 9.74. The Morgan fingerprint density at radius 1 is 0.729 bits per heavy atom. The Morgan fingerprint density at radius 2 is 1.25 bits per heavy atom. The van der Waals surface area contributed by atoms with Crippen molar-refractivity contribution in [2.24, 2.45) is 0 Å². The molecule has 2 unspecified atom stereocenters. The largest absolute Gasteiger partial charge is 0.508 e. The van der Waals surface area contributed by atoms with Crippen LogP contribution in [0.15, 0.2) is 24.3 Å². The van der Waals surface area contributed by atoms with Gasteiger partial charge in [-0.2, -0.15) is 23.5 Å². The zero-order valence-corrected chi connectivity index (χ0v) is 28.6. The van der Waals surface area contributed by atoms with Gasteiger partial charge in [-0.1, -0.05) is 25.0 Å². The summed E-state index contributed by atoms with van der Waals surface area (Å²) in [7, 11) is 0. The highest BCUT2D eigenvalue weighted by Gasteiger charge is 2.43. The molecule has 6 amide bonds. The number of imide groups is 1. The molecule has 0 spiro atoms. The van der Waals surface area contributed by atoms with Crippen molar-refractivity contribution >= 4 is 59.2 Å². The van der Waals surface area contributed by atoms with Gasteiger partial charge in [0.1, 0.15) is 11.5 Å². The number of fused-ring (bicyclic) bond motifs is 2. The number of thioether (sulfide) groups is 2. The predicted octanol–water partition coefficient (Wildman–Crippen LogP) is 3.33. The van der Waals surface area contributed by atoms with E-state index in [0.29, 0.717) is 40.6 Å². The molecule has 13 nitrogen and oxygen atoms in total. The van der Waals surface area contributed by atoms with Gasteiger partial charge in [-0.25, -0.2) is 14.4 Å². The maximum Gasteiger partial charge on any atom is 0.333 e. The van der Waals surface area contributed by atoms with Gasteiger partial charge in [0.25, 0.3) is 11.8 Å². The van der Waals surface area contributed by atoms with Crippen LogP contribution in [0.25, 0.3) is 0 Å². The average molecular weight is 704 g/mol. The average Bonchev–Trinajstić information content (AvgIpc) is 3.86. The third-order valence-corrected chi connectivity index (χ3v) is 12.3. The molecule has 5 N–H and O–H groups in total. The van der Waals surface area contributed by atoms with Crippen LogP contribution in [-0.4, -0.2) is 92.0 Å². The van der Waals surface area contributed by atoms with Crippen molar-refractivity contribution in [1.82, 2.24) is 26.3 Å². The first-order valence-electron chi connectivity index (χ1n) is 16.9. The van der Waals surface area contributed by atoms with Crippen LogP contribution in [0.4, 0.5) is 9.59 Å². The van der Waals surface area contributed by atoms with Crippen LogP contribution in [0.3, 0.4) is 0 Å². The number of urea groups is 2. The van der Waals surface area contributed by atoms with Crippen molar-refractivity contribution in [2.45, 2.75) is 118 Å². The first kappa shape index (κ1) is 35.8. The summed E-state index contributed by atoms with van der Waals surface area (Å²) >= 11 is 3.76. The number of phenolic OH excluding ortho intramolecular Hbond substituents is 1. The number of aryl methyl sites for hydroxylation is 1. The minimum Gasteiger partial charge on any atom is -0.508 e. The molecule has 15 heteroatoms. The van der Waals surface area contributed by atoms with Crippen molar-refractivity contribution < 1.29 is 38.7 Å². The summed E-state index contributed by atoms with van der Waals surface area (Å²) in [5.74, 6) is 1.05. The van der Waals surface area contributed by atoms with Gasteiger partial charge in [-0.05, 0) is 56.2 Å². The number of carbonyl (C=O) groups is 6. The van der Waals surface area contributed by atoms with Crippen molar-refractivity contribution in [2.75, 3.05) is 11.5 Å². The molecule has 0 radical (unpaired) electrons. The number of rotatable bonds is 15. The van der Waals surface area contributed by atoms with Crippen molar-refractivity contribution in [3.63, 3.8) is 0 Å². The summed E-state index contributed by atoms with van der Waals surface area (Å²) in [5, 5.41) is 22.5. The lowest BCUT2D eigenvalue weighted by atomic mass is 10.0. The zero-order valence-electron chi connectivity index (χ0n) is 26.9. The van der Waals surface area contributed by atoms with Gasteiger partial charge in [0, 0.05) is 54.1 Å².